The molecule has 2 heterocycles. The molecule has 1 amide bonds. The third-order valence-electron chi connectivity index (χ3n) is 5.87. The molecule has 0 aliphatic carbocycles. The summed E-state index contributed by atoms with van der Waals surface area (Å²) in [6.45, 7) is 11.7. The monoisotopic (exact) mass is 534 g/mol. The summed E-state index contributed by atoms with van der Waals surface area (Å²) in [5, 5.41) is 15.7. The second-order valence-electron chi connectivity index (χ2n) is 9.87. The summed E-state index contributed by atoms with van der Waals surface area (Å²) < 4.78 is 17.6. The number of hydrogen-bond acceptors (Lipinski definition) is 7. The highest BCUT2D eigenvalue weighted by Gasteiger charge is 2.35. The van der Waals surface area contributed by atoms with Gasteiger partial charge in [-0.15, -0.1) is 0 Å². The van der Waals surface area contributed by atoms with E-state index >= 15 is 0 Å². The molecule has 2 aromatic rings. The number of carbonyl (C=O) groups excluding carboxylic acids is 1. The van der Waals surface area contributed by atoms with Gasteiger partial charge >= 0.3 is 0 Å². The van der Waals surface area contributed by atoms with Crippen LogP contribution in [0.3, 0.4) is 0 Å². The molecular weight excluding hydrogens is 500 g/mol. The Labute approximate surface area is 228 Å². The molecule has 38 heavy (non-hydrogen) atoms. The predicted molar refractivity (Wildman–Crippen MR) is 154 cm³/mol. The van der Waals surface area contributed by atoms with Crippen LogP contribution in [0.25, 0.3) is 6.08 Å². The fourth-order valence-corrected chi connectivity index (χ4v) is 4.86. The van der Waals surface area contributed by atoms with Gasteiger partial charge in [0.05, 0.1) is 12.2 Å². The van der Waals surface area contributed by atoms with E-state index in [9.17, 15) is 4.79 Å². The van der Waals surface area contributed by atoms with Crippen LogP contribution in [0.5, 0.6) is 17.2 Å². The Morgan fingerprint density at radius 3 is 2.42 bits per heavy atom. The molecule has 0 fully saturated rings. The van der Waals surface area contributed by atoms with Crippen molar-refractivity contribution >= 4 is 39.8 Å². The maximum Gasteiger partial charge on any atom is 0.283 e. The van der Waals surface area contributed by atoms with E-state index in [-0.39, 0.29) is 16.8 Å². The Bertz CT molecular complexity index is 1290. The molecule has 0 saturated carbocycles. The lowest BCUT2D eigenvalue weighted by molar-refractivity contribution is -0.114. The zero-order valence-electron chi connectivity index (χ0n) is 22.5. The molecule has 9 heteroatoms. The number of carbonyl (C=O) groups is 1. The highest BCUT2D eigenvalue weighted by molar-refractivity contribution is 8.26. The van der Waals surface area contributed by atoms with Crippen molar-refractivity contribution < 1.29 is 19.0 Å². The van der Waals surface area contributed by atoms with Crippen LogP contribution in [0.2, 0.25) is 0 Å². The zero-order valence-corrected chi connectivity index (χ0v) is 23.4. The van der Waals surface area contributed by atoms with Crippen LogP contribution in [-0.2, 0) is 10.2 Å². The molecule has 0 bridgehead atoms. The first-order chi connectivity index (χ1) is 18.2. The van der Waals surface area contributed by atoms with Crippen LogP contribution >= 0.6 is 11.8 Å². The quantitative estimate of drug-likeness (QED) is 0.285. The number of hydrogen-bond donors (Lipinski definition) is 1. The number of amides is 1. The summed E-state index contributed by atoms with van der Waals surface area (Å²) >= 11 is 1.35. The minimum Gasteiger partial charge on any atom is -0.490 e. The summed E-state index contributed by atoms with van der Waals surface area (Å²) in [5.41, 5.74) is 2.23. The van der Waals surface area contributed by atoms with Gasteiger partial charge in [0.2, 0.25) is 5.17 Å². The Balaban J connectivity index is 1.42. The van der Waals surface area contributed by atoms with Crippen LogP contribution in [-0.4, -0.2) is 46.8 Å². The number of hydrazone groups is 1. The predicted octanol–water partition coefficient (Wildman–Crippen LogP) is 6.26. The molecule has 8 nitrogen and oxygen atoms in total. The molecule has 1 N–H and O–H groups in total. The minimum absolute atomic E-state index is 0.0181. The Morgan fingerprint density at radius 1 is 1.00 bits per heavy atom. The van der Waals surface area contributed by atoms with Gasteiger partial charge < -0.3 is 14.2 Å². The van der Waals surface area contributed by atoms with E-state index in [1.165, 1.54) is 22.3 Å². The third kappa shape index (κ3) is 6.45. The van der Waals surface area contributed by atoms with Gasteiger partial charge in [0.1, 0.15) is 24.0 Å². The molecule has 0 spiro atoms. The van der Waals surface area contributed by atoms with Gasteiger partial charge in [0.15, 0.2) is 17.3 Å². The molecule has 2 aliphatic heterocycles. The molecule has 200 valence electrons. The number of benzene rings is 2. The van der Waals surface area contributed by atoms with Crippen molar-refractivity contribution in [2.24, 2.45) is 10.1 Å². The largest absolute Gasteiger partial charge is 0.490 e. The lowest BCUT2D eigenvalue weighted by atomic mass is 9.87. The third-order valence-corrected chi connectivity index (χ3v) is 6.84. The Morgan fingerprint density at radius 2 is 1.74 bits per heavy atom. The molecule has 4 rings (SSSR count). The summed E-state index contributed by atoms with van der Waals surface area (Å²) in [4.78, 5) is 16.8. The number of fused-ring (bicyclic) bond motifs is 1. The normalized spacial score (nSPS) is 16.3. The second-order valence-corrected chi connectivity index (χ2v) is 10.9. The summed E-state index contributed by atoms with van der Waals surface area (Å²) in [6.07, 6.45) is 3.36. The molecule has 0 unspecified atom stereocenters. The summed E-state index contributed by atoms with van der Waals surface area (Å²) in [5.74, 6) is 1.49. The van der Waals surface area contributed by atoms with E-state index in [4.69, 9.17) is 19.6 Å². The van der Waals surface area contributed by atoms with E-state index in [0.29, 0.717) is 42.1 Å². The number of nitrogens with zero attached hydrogens (tertiary/aromatic N) is 3. The van der Waals surface area contributed by atoms with Crippen LogP contribution in [0.15, 0.2) is 58.1 Å². The van der Waals surface area contributed by atoms with Crippen LogP contribution in [0.1, 0.15) is 58.6 Å². The highest BCUT2D eigenvalue weighted by atomic mass is 32.2. The lowest BCUT2D eigenvalue weighted by Crippen LogP contribution is -2.35. The average Bonchev–Trinajstić information content (AvgIpc) is 3.28. The number of nitrogens with one attached hydrogen (secondary N) is 1. The van der Waals surface area contributed by atoms with Crippen molar-refractivity contribution in [2.45, 2.75) is 52.9 Å². The first kappa shape index (κ1) is 27.4. The number of rotatable bonds is 10. The molecule has 0 radical (unpaired) electrons. The Hall–Kier alpha value is -3.59. The van der Waals surface area contributed by atoms with Crippen LogP contribution in [0.4, 0.5) is 0 Å². The second kappa shape index (κ2) is 11.9. The maximum atomic E-state index is 12.7. The minimum atomic E-state index is -0.451. The van der Waals surface area contributed by atoms with E-state index in [0.717, 1.165) is 23.6 Å². The van der Waals surface area contributed by atoms with Crippen molar-refractivity contribution in [1.29, 1.82) is 5.41 Å². The van der Waals surface area contributed by atoms with Gasteiger partial charge in [-0.2, -0.15) is 15.1 Å². The molecule has 2 aromatic carbocycles. The van der Waals surface area contributed by atoms with Crippen LogP contribution in [0, 0.1) is 5.41 Å². The van der Waals surface area contributed by atoms with Gasteiger partial charge in [0.25, 0.3) is 5.91 Å². The zero-order chi connectivity index (χ0) is 27.3. The number of thioether (sulfide) groups is 1. The standard InChI is InChI=1S/C29H34N4O4S/c1-6-8-25-32-33-26(30)22(27(34)31-28(33)38-25)17-19-9-14-23(24(18-19)35-7-2)37-16-15-36-21-12-10-20(11-13-21)29(3,4)5/h9-14,17-18,30H,6-8,15-16H2,1-5H3/b22-17+,30-26?. The topological polar surface area (TPSA) is 96.6 Å². The smallest absolute Gasteiger partial charge is 0.283 e. The average molecular weight is 535 g/mol. The molecule has 0 atom stereocenters. The number of aliphatic imine (C=N–C) groups is 1. The first-order valence-electron chi connectivity index (χ1n) is 12.8. The maximum absolute atomic E-state index is 12.7. The van der Waals surface area contributed by atoms with Gasteiger partial charge in [0, 0.05) is 0 Å². The van der Waals surface area contributed by atoms with Gasteiger partial charge in [-0.3, -0.25) is 10.2 Å². The fourth-order valence-electron chi connectivity index (χ4n) is 3.88. The lowest BCUT2D eigenvalue weighted by Gasteiger charge is -2.20. The van der Waals surface area contributed by atoms with Crippen molar-refractivity contribution in [2.75, 3.05) is 19.8 Å². The van der Waals surface area contributed by atoms with Crippen molar-refractivity contribution in [3.63, 3.8) is 0 Å². The Kier molecular flexibility index (Phi) is 8.56. The molecule has 0 aromatic heterocycles. The fraction of sp³-hybridized carbons (Fsp3) is 0.379. The van der Waals surface area contributed by atoms with Crippen LogP contribution < -0.4 is 14.2 Å². The van der Waals surface area contributed by atoms with Crippen molar-refractivity contribution in [3.05, 3.63) is 59.2 Å². The van der Waals surface area contributed by atoms with E-state index < -0.39 is 5.91 Å². The number of amidine groups is 2. The van der Waals surface area contributed by atoms with Gasteiger partial charge in [-0.1, -0.05) is 45.9 Å². The molecule has 2 aliphatic rings. The first-order valence-corrected chi connectivity index (χ1v) is 13.6. The van der Waals surface area contributed by atoms with Gasteiger partial charge in [-0.05, 0) is 78.4 Å². The SMILES string of the molecule is CCCC1=NN2C(=N)/C(=C\c3ccc(OCCOc4ccc(C(C)(C)C)cc4)c(OCC)c3)C(=O)N=C2S1. The van der Waals surface area contributed by atoms with Crippen molar-refractivity contribution in [1.82, 2.24) is 5.01 Å². The summed E-state index contributed by atoms with van der Waals surface area (Å²) in [7, 11) is 0. The number of ether oxygens (including phenoxy) is 3. The van der Waals surface area contributed by atoms with E-state index in [1.807, 2.05) is 25.1 Å². The van der Waals surface area contributed by atoms with Crippen molar-refractivity contribution in [3.8, 4) is 17.2 Å². The van der Waals surface area contributed by atoms with E-state index in [2.05, 4.69) is 49.9 Å². The van der Waals surface area contributed by atoms with E-state index in [1.54, 1.807) is 18.2 Å². The summed E-state index contributed by atoms with van der Waals surface area (Å²) in [6, 6.07) is 13.5. The molecule has 0 saturated heterocycles. The molecular formula is C29H34N4O4S. The van der Waals surface area contributed by atoms with Gasteiger partial charge in [-0.25, -0.2) is 0 Å². The highest BCUT2D eigenvalue weighted by Crippen LogP contribution is 2.32.